The third-order valence-electron chi connectivity index (χ3n) is 4.14. The standard InChI is InChI=1S/C18H33N7O2.HI/c1-18(2,3)27-17(26)22-12-11-21-16(19-4)20-10-9-15-24-23-14-8-6-5-7-13-25(14)15;/h5-13H2,1-4H3,(H,22,26)(H2,19,20,21);1H. The van der Waals surface area contributed by atoms with E-state index in [1.807, 2.05) is 20.8 Å². The highest BCUT2D eigenvalue weighted by atomic mass is 127. The second-order valence-electron chi connectivity index (χ2n) is 7.60. The number of carbonyl (C=O) groups is 1. The molecule has 2 heterocycles. The molecule has 0 bridgehead atoms. The van der Waals surface area contributed by atoms with E-state index in [1.165, 1.54) is 19.3 Å². The Bertz CT molecular complexity index is 640. The number of aliphatic imine (C=N–C) groups is 1. The van der Waals surface area contributed by atoms with Gasteiger partial charge in [-0.25, -0.2) is 4.79 Å². The van der Waals surface area contributed by atoms with Gasteiger partial charge in [-0.1, -0.05) is 6.42 Å². The van der Waals surface area contributed by atoms with Gasteiger partial charge in [0.05, 0.1) is 0 Å². The van der Waals surface area contributed by atoms with Gasteiger partial charge in [0.2, 0.25) is 0 Å². The van der Waals surface area contributed by atoms with Gasteiger partial charge in [-0.05, 0) is 33.6 Å². The summed E-state index contributed by atoms with van der Waals surface area (Å²) in [5.74, 6) is 2.83. The molecule has 10 heteroatoms. The third kappa shape index (κ3) is 8.61. The van der Waals surface area contributed by atoms with E-state index in [-0.39, 0.29) is 24.0 Å². The number of alkyl carbamates (subject to hydrolysis) is 1. The topological polar surface area (TPSA) is 105 Å². The van der Waals surface area contributed by atoms with Gasteiger partial charge in [-0.3, -0.25) is 4.99 Å². The quantitative estimate of drug-likeness (QED) is 0.235. The largest absolute Gasteiger partial charge is 0.444 e. The van der Waals surface area contributed by atoms with E-state index in [1.54, 1.807) is 7.05 Å². The van der Waals surface area contributed by atoms with Crippen molar-refractivity contribution in [3.05, 3.63) is 11.6 Å². The molecular weight excluding hydrogens is 473 g/mol. The average Bonchev–Trinajstić information content (AvgIpc) is 2.82. The Balaban J connectivity index is 0.00000392. The van der Waals surface area contributed by atoms with Crippen LogP contribution in [-0.4, -0.2) is 59.1 Å². The van der Waals surface area contributed by atoms with Crippen molar-refractivity contribution in [2.45, 2.75) is 65.0 Å². The van der Waals surface area contributed by atoms with E-state index in [9.17, 15) is 4.79 Å². The molecule has 28 heavy (non-hydrogen) atoms. The molecule has 1 aliphatic rings. The van der Waals surface area contributed by atoms with Crippen molar-refractivity contribution in [3.63, 3.8) is 0 Å². The number of nitrogens with zero attached hydrogens (tertiary/aromatic N) is 4. The van der Waals surface area contributed by atoms with E-state index in [2.05, 4.69) is 35.7 Å². The van der Waals surface area contributed by atoms with Crippen LogP contribution in [0.3, 0.4) is 0 Å². The number of ether oxygens (including phenoxy) is 1. The van der Waals surface area contributed by atoms with Gasteiger partial charge in [0.15, 0.2) is 5.96 Å². The number of nitrogens with one attached hydrogen (secondary N) is 3. The molecule has 1 aromatic rings. The van der Waals surface area contributed by atoms with E-state index in [0.29, 0.717) is 19.0 Å². The molecule has 0 aliphatic carbocycles. The summed E-state index contributed by atoms with van der Waals surface area (Å²) in [6.45, 7) is 8.26. The molecule has 0 radical (unpaired) electrons. The summed E-state index contributed by atoms with van der Waals surface area (Å²) in [4.78, 5) is 15.8. The Morgan fingerprint density at radius 1 is 1.11 bits per heavy atom. The predicted octanol–water partition coefficient (Wildman–Crippen LogP) is 1.85. The minimum absolute atomic E-state index is 0. The lowest BCUT2D eigenvalue weighted by molar-refractivity contribution is 0.0529. The summed E-state index contributed by atoms with van der Waals surface area (Å²) < 4.78 is 7.45. The molecule has 0 aromatic carbocycles. The lowest BCUT2D eigenvalue weighted by atomic mass is 10.2. The Labute approximate surface area is 184 Å². The van der Waals surface area contributed by atoms with Crippen LogP contribution in [0.25, 0.3) is 0 Å². The van der Waals surface area contributed by atoms with Crippen molar-refractivity contribution in [2.24, 2.45) is 4.99 Å². The minimum atomic E-state index is -0.491. The molecule has 0 unspecified atom stereocenters. The number of aromatic nitrogens is 3. The number of hydrogen-bond acceptors (Lipinski definition) is 5. The van der Waals surface area contributed by atoms with Crippen molar-refractivity contribution in [1.29, 1.82) is 0 Å². The average molecular weight is 507 g/mol. The smallest absolute Gasteiger partial charge is 0.407 e. The molecule has 0 atom stereocenters. The third-order valence-corrected chi connectivity index (χ3v) is 4.14. The molecule has 1 aromatic heterocycles. The van der Waals surface area contributed by atoms with Crippen molar-refractivity contribution in [3.8, 4) is 0 Å². The maximum Gasteiger partial charge on any atom is 0.407 e. The van der Waals surface area contributed by atoms with Gasteiger partial charge in [0.1, 0.15) is 17.2 Å². The normalized spacial score (nSPS) is 14.4. The zero-order valence-electron chi connectivity index (χ0n) is 17.4. The highest BCUT2D eigenvalue weighted by molar-refractivity contribution is 14.0. The van der Waals surface area contributed by atoms with Crippen LogP contribution in [0.1, 0.15) is 51.7 Å². The first-order chi connectivity index (χ1) is 12.9. The fraction of sp³-hybridized carbons (Fsp3) is 0.778. The molecule has 0 saturated heterocycles. The van der Waals surface area contributed by atoms with Crippen molar-refractivity contribution in [2.75, 3.05) is 26.7 Å². The Hall–Kier alpha value is -1.59. The van der Waals surface area contributed by atoms with Gasteiger partial charge in [0.25, 0.3) is 0 Å². The molecule has 9 nitrogen and oxygen atoms in total. The molecule has 3 N–H and O–H groups in total. The molecule has 1 amide bonds. The van der Waals surface area contributed by atoms with E-state index < -0.39 is 11.7 Å². The second kappa shape index (κ2) is 12.1. The number of amides is 1. The number of guanidine groups is 1. The fourth-order valence-electron chi connectivity index (χ4n) is 2.90. The summed E-state index contributed by atoms with van der Waals surface area (Å²) in [6.07, 6.45) is 5.05. The van der Waals surface area contributed by atoms with Crippen LogP contribution >= 0.6 is 24.0 Å². The Morgan fingerprint density at radius 3 is 2.54 bits per heavy atom. The maximum absolute atomic E-state index is 11.6. The van der Waals surface area contributed by atoms with Gasteiger partial charge < -0.3 is 25.3 Å². The minimum Gasteiger partial charge on any atom is -0.444 e. The van der Waals surface area contributed by atoms with Crippen LogP contribution < -0.4 is 16.0 Å². The highest BCUT2D eigenvalue weighted by Crippen LogP contribution is 2.14. The molecule has 2 rings (SSSR count). The van der Waals surface area contributed by atoms with Gasteiger partial charge in [-0.2, -0.15) is 0 Å². The molecule has 0 saturated carbocycles. The molecular formula is C18H34IN7O2. The summed E-state index contributed by atoms with van der Waals surface area (Å²) in [5.41, 5.74) is -0.491. The van der Waals surface area contributed by atoms with Crippen LogP contribution in [-0.2, 0) is 24.1 Å². The van der Waals surface area contributed by atoms with Crippen LogP contribution in [0.4, 0.5) is 4.79 Å². The van der Waals surface area contributed by atoms with E-state index in [4.69, 9.17) is 4.74 Å². The second-order valence-corrected chi connectivity index (χ2v) is 7.60. The molecule has 160 valence electrons. The fourth-order valence-corrected chi connectivity index (χ4v) is 2.90. The van der Waals surface area contributed by atoms with Crippen molar-refractivity contribution in [1.82, 2.24) is 30.7 Å². The van der Waals surface area contributed by atoms with Crippen LogP contribution in [0.5, 0.6) is 0 Å². The first-order valence-electron chi connectivity index (χ1n) is 9.71. The van der Waals surface area contributed by atoms with Gasteiger partial charge in [-0.15, -0.1) is 34.2 Å². The zero-order valence-corrected chi connectivity index (χ0v) is 19.7. The first-order valence-corrected chi connectivity index (χ1v) is 9.71. The van der Waals surface area contributed by atoms with Crippen LogP contribution in [0.15, 0.2) is 4.99 Å². The number of aryl methyl sites for hydroxylation is 1. The number of hydrogen-bond donors (Lipinski definition) is 3. The van der Waals surface area contributed by atoms with Crippen LogP contribution in [0.2, 0.25) is 0 Å². The van der Waals surface area contributed by atoms with Crippen LogP contribution in [0, 0.1) is 0 Å². The summed E-state index contributed by atoms with van der Waals surface area (Å²) in [6, 6.07) is 0. The number of fused-ring (bicyclic) bond motifs is 1. The number of rotatable bonds is 6. The highest BCUT2D eigenvalue weighted by Gasteiger charge is 2.16. The van der Waals surface area contributed by atoms with Gasteiger partial charge >= 0.3 is 6.09 Å². The maximum atomic E-state index is 11.6. The molecule has 1 aliphatic heterocycles. The number of carbonyl (C=O) groups excluding carboxylic acids is 1. The van der Waals surface area contributed by atoms with Crippen molar-refractivity contribution < 1.29 is 9.53 Å². The lowest BCUT2D eigenvalue weighted by Gasteiger charge is -2.19. The molecule has 0 fully saturated rings. The van der Waals surface area contributed by atoms with E-state index in [0.717, 1.165) is 37.6 Å². The SMILES string of the molecule is CN=C(NCCNC(=O)OC(C)(C)C)NCCc1nnc2n1CCCCC2.I. The number of halogens is 1. The first kappa shape index (κ1) is 24.4. The predicted molar refractivity (Wildman–Crippen MR) is 120 cm³/mol. The monoisotopic (exact) mass is 507 g/mol. The summed E-state index contributed by atoms with van der Waals surface area (Å²) in [5, 5.41) is 17.8. The zero-order chi connectivity index (χ0) is 19.7. The van der Waals surface area contributed by atoms with Gasteiger partial charge in [0, 0.05) is 46.1 Å². The molecule has 0 spiro atoms. The van der Waals surface area contributed by atoms with E-state index >= 15 is 0 Å². The summed E-state index contributed by atoms with van der Waals surface area (Å²) >= 11 is 0. The lowest BCUT2D eigenvalue weighted by Crippen LogP contribution is -2.43. The summed E-state index contributed by atoms with van der Waals surface area (Å²) in [7, 11) is 1.72. The Kier molecular flexibility index (Phi) is 10.5. The van der Waals surface area contributed by atoms with Crippen molar-refractivity contribution >= 4 is 36.0 Å². The Morgan fingerprint density at radius 2 is 1.82 bits per heavy atom.